The van der Waals surface area contributed by atoms with E-state index in [0.717, 1.165) is 25.2 Å². The Bertz CT molecular complexity index is 465. The monoisotopic (exact) mass is 303 g/mol. The number of rotatable bonds is 8. The van der Waals surface area contributed by atoms with Gasteiger partial charge in [0.1, 0.15) is 0 Å². The molecule has 0 N–H and O–H groups in total. The number of hydrogen-bond acceptors (Lipinski definition) is 3. The van der Waals surface area contributed by atoms with Crippen molar-refractivity contribution in [2.75, 3.05) is 29.6 Å². The summed E-state index contributed by atoms with van der Waals surface area (Å²) in [5.41, 5.74) is 1.03. The summed E-state index contributed by atoms with van der Waals surface area (Å²) >= 11 is 5.79. The van der Waals surface area contributed by atoms with Crippen LogP contribution in [0, 0.1) is 0 Å². The van der Waals surface area contributed by atoms with Crippen LogP contribution in [0.4, 0.5) is 5.69 Å². The molecule has 0 saturated carbocycles. The van der Waals surface area contributed by atoms with E-state index < -0.39 is 9.84 Å². The van der Waals surface area contributed by atoms with Gasteiger partial charge in [0.15, 0.2) is 9.84 Å². The van der Waals surface area contributed by atoms with Crippen LogP contribution < -0.4 is 4.90 Å². The topological polar surface area (TPSA) is 37.4 Å². The molecular weight excluding hydrogens is 282 g/mol. The van der Waals surface area contributed by atoms with E-state index in [0.29, 0.717) is 17.2 Å². The Morgan fingerprint density at radius 2 is 1.68 bits per heavy atom. The highest BCUT2D eigenvalue weighted by Crippen LogP contribution is 2.19. The zero-order valence-electron chi connectivity index (χ0n) is 11.6. The summed E-state index contributed by atoms with van der Waals surface area (Å²) in [5, 5.41) is 0. The van der Waals surface area contributed by atoms with E-state index in [1.54, 1.807) is 12.1 Å². The Morgan fingerprint density at radius 1 is 1.05 bits per heavy atom. The van der Waals surface area contributed by atoms with E-state index in [1.807, 2.05) is 19.1 Å². The maximum atomic E-state index is 11.9. The van der Waals surface area contributed by atoms with Gasteiger partial charge in [-0.05, 0) is 37.1 Å². The van der Waals surface area contributed by atoms with Crippen LogP contribution in [-0.2, 0) is 9.84 Å². The molecule has 0 fully saturated rings. The molecule has 5 heteroatoms. The van der Waals surface area contributed by atoms with Gasteiger partial charge in [-0.25, -0.2) is 8.42 Å². The second-order valence-electron chi connectivity index (χ2n) is 4.49. The Balaban J connectivity index is 2.91. The Kier molecular flexibility index (Phi) is 6.66. The lowest BCUT2D eigenvalue weighted by molar-refractivity contribution is 0.594. The number of nitrogens with zero attached hydrogens (tertiary/aromatic N) is 1. The molecule has 0 heterocycles. The van der Waals surface area contributed by atoms with E-state index in [1.165, 1.54) is 0 Å². The summed E-state index contributed by atoms with van der Waals surface area (Å²) in [4.78, 5) is 2.57. The molecule has 0 spiro atoms. The van der Waals surface area contributed by atoms with Gasteiger partial charge in [0.05, 0.1) is 10.6 Å². The van der Waals surface area contributed by atoms with Gasteiger partial charge in [0.2, 0.25) is 0 Å². The maximum Gasteiger partial charge on any atom is 0.178 e. The molecule has 0 aromatic heterocycles. The highest BCUT2D eigenvalue weighted by atomic mass is 35.5. The fourth-order valence-electron chi connectivity index (χ4n) is 1.99. The van der Waals surface area contributed by atoms with Gasteiger partial charge in [0.25, 0.3) is 0 Å². The van der Waals surface area contributed by atoms with Gasteiger partial charge in [-0.3, -0.25) is 0 Å². The molecule has 19 heavy (non-hydrogen) atoms. The van der Waals surface area contributed by atoms with Crippen LogP contribution >= 0.6 is 11.6 Å². The molecule has 1 rings (SSSR count). The first-order valence-electron chi connectivity index (χ1n) is 6.69. The first-order chi connectivity index (χ1) is 9.05. The van der Waals surface area contributed by atoms with Gasteiger partial charge in [0, 0.05) is 24.7 Å². The van der Waals surface area contributed by atoms with Crippen LogP contribution in [0.2, 0.25) is 0 Å². The van der Waals surface area contributed by atoms with Crippen molar-refractivity contribution >= 4 is 27.1 Å². The van der Waals surface area contributed by atoms with Gasteiger partial charge in [-0.2, -0.15) is 0 Å². The minimum Gasteiger partial charge on any atom is -0.370 e. The number of sulfone groups is 1. The lowest BCUT2D eigenvalue weighted by Crippen LogP contribution is -2.26. The Hall–Kier alpha value is -0.740. The summed E-state index contributed by atoms with van der Waals surface area (Å²) < 4.78 is 23.9. The summed E-state index contributed by atoms with van der Waals surface area (Å²) in [6.07, 6.45) is 1.67. The molecule has 0 aliphatic carbocycles. The normalized spacial score (nSPS) is 11.5. The zero-order valence-corrected chi connectivity index (χ0v) is 13.2. The van der Waals surface area contributed by atoms with Crippen LogP contribution in [0.5, 0.6) is 0 Å². The highest BCUT2D eigenvalue weighted by molar-refractivity contribution is 7.91. The van der Waals surface area contributed by atoms with Crippen LogP contribution in [0.3, 0.4) is 0 Å². The molecule has 0 aliphatic heterocycles. The standard InChI is InChI=1S/C14H22ClNO2S/c1-3-10-16(11-9-15)13-5-7-14(8-6-13)19(17,18)12-4-2/h5-8H,3-4,9-12H2,1-2H3. The number of hydrogen-bond donors (Lipinski definition) is 0. The molecule has 108 valence electrons. The molecule has 0 unspecified atom stereocenters. The second-order valence-corrected chi connectivity index (χ2v) is 6.98. The van der Waals surface area contributed by atoms with Crippen molar-refractivity contribution in [3.63, 3.8) is 0 Å². The van der Waals surface area contributed by atoms with Crippen molar-refractivity contribution in [1.82, 2.24) is 0 Å². The van der Waals surface area contributed by atoms with Crippen LogP contribution in [-0.4, -0.2) is 33.1 Å². The number of benzene rings is 1. The smallest absolute Gasteiger partial charge is 0.178 e. The fourth-order valence-corrected chi connectivity index (χ4v) is 3.52. The molecule has 0 aliphatic rings. The van der Waals surface area contributed by atoms with Crippen molar-refractivity contribution in [3.8, 4) is 0 Å². The van der Waals surface area contributed by atoms with Gasteiger partial charge in [-0.1, -0.05) is 13.8 Å². The summed E-state index contributed by atoms with van der Waals surface area (Å²) in [5.74, 6) is 0.766. The van der Waals surface area contributed by atoms with E-state index in [9.17, 15) is 8.42 Å². The quantitative estimate of drug-likeness (QED) is 0.691. The summed E-state index contributed by atoms with van der Waals surface area (Å²) in [7, 11) is -3.12. The first kappa shape index (κ1) is 16.3. The lowest BCUT2D eigenvalue weighted by Gasteiger charge is -2.23. The van der Waals surface area contributed by atoms with Crippen molar-refractivity contribution in [3.05, 3.63) is 24.3 Å². The molecule has 1 aromatic rings. The molecule has 0 saturated heterocycles. The van der Waals surface area contributed by atoms with E-state index in [2.05, 4.69) is 11.8 Å². The third kappa shape index (κ3) is 4.69. The van der Waals surface area contributed by atoms with Crippen molar-refractivity contribution in [2.24, 2.45) is 0 Å². The third-order valence-corrected chi connectivity index (χ3v) is 4.99. The zero-order chi connectivity index (χ0) is 14.3. The van der Waals surface area contributed by atoms with E-state index in [-0.39, 0.29) is 5.75 Å². The van der Waals surface area contributed by atoms with Crippen LogP contribution in [0.1, 0.15) is 26.7 Å². The lowest BCUT2D eigenvalue weighted by atomic mass is 10.2. The third-order valence-electron chi connectivity index (χ3n) is 2.88. The molecular formula is C14H22ClNO2S. The number of halogens is 1. The van der Waals surface area contributed by atoms with E-state index >= 15 is 0 Å². The highest BCUT2D eigenvalue weighted by Gasteiger charge is 2.13. The fraction of sp³-hybridized carbons (Fsp3) is 0.571. The average molecular weight is 304 g/mol. The van der Waals surface area contributed by atoms with Gasteiger partial charge >= 0.3 is 0 Å². The van der Waals surface area contributed by atoms with Crippen molar-refractivity contribution in [2.45, 2.75) is 31.6 Å². The molecule has 0 bridgehead atoms. The molecule has 0 amide bonds. The SMILES string of the molecule is CCCN(CCCl)c1ccc(S(=O)(=O)CCC)cc1. The van der Waals surface area contributed by atoms with Gasteiger partial charge < -0.3 is 4.90 Å². The first-order valence-corrected chi connectivity index (χ1v) is 8.87. The molecule has 1 aromatic carbocycles. The van der Waals surface area contributed by atoms with Gasteiger partial charge in [-0.15, -0.1) is 11.6 Å². The Labute approximate surface area is 121 Å². The predicted molar refractivity (Wildman–Crippen MR) is 82.0 cm³/mol. The second kappa shape index (κ2) is 7.75. The number of alkyl halides is 1. The Morgan fingerprint density at radius 3 is 2.16 bits per heavy atom. The number of anilines is 1. The van der Waals surface area contributed by atoms with Crippen LogP contribution in [0.25, 0.3) is 0 Å². The average Bonchev–Trinajstić information content (AvgIpc) is 2.39. The summed E-state index contributed by atoms with van der Waals surface area (Å²) in [6, 6.07) is 7.12. The predicted octanol–water partition coefficient (Wildman–Crippen LogP) is 3.33. The van der Waals surface area contributed by atoms with E-state index in [4.69, 9.17) is 11.6 Å². The minimum atomic E-state index is -3.12. The molecule has 3 nitrogen and oxygen atoms in total. The van der Waals surface area contributed by atoms with Crippen molar-refractivity contribution < 1.29 is 8.42 Å². The van der Waals surface area contributed by atoms with Crippen LogP contribution in [0.15, 0.2) is 29.2 Å². The molecule has 0 radical (unpaired) electrons. The maximum absolute atomic E-state index is 11.9. The summed E-state index contributed by atoms with van der Waals surface area (Å²) in [6.45, 7) is 5.68. The largest absolute Gasteiger partial charge is 0.370 e. The molecule has 0 atom stereocenters. The van der Waals surface area contributed by atoms with Crippen molar-refractivity contribution in [1.29, 1.82) is 0 Å². The minimum absolute atomic E-state index is 0.201.